The number of amides is 2. The zero-order valence-electron chi connectivity index (χ0n) is 13.3. The van der Waals surface area contributed by atoms with Crippen LogP contribution in [0.1, 0.15) is 32.6 Å². The van der Waals surface area contributed by atoms with Crippen LogP contribution in [0.25, 0.3) is 0 Å². The van der Waals surface area contributed by atoms with E-state index < -0.39 is 5.91 Å². The zero-order chi connectivity index (χ0) is 16.9. The van der Waals surface area contributed by atoms with E-state index in [1.165, 1.54) is 31.4 Å². The van der Waals surface area contributed by atoms with Crippen molar-refractivity contribution in [1.82, 2.24) is 10.9 Å². The lowest BCUT2D eigenvalue weighted by molar-refractivity contribution is -0.128. The summed E-state index contributed by atoms with van der Waals surface area (Å²) < 4.78 is 5.21. The van der Waals surface area contributed by atoms with Gasteiger partial charge in [-0.25, -0.2) is 0 Å². The van der Waals surface area contributed by atoms with Crippen molar-refractivity contribution in [2.75, 3.05) is 18.1 Å². The molecule has 7 heteroatoms. The van der Waals surface area contributed by atoms with E-state index >= 15 is 0 Å². The fraction of sp³-hybridized carbons (Fsp3) is 0.500. The molecular weight excluding hydrogens is 316 g/mol. The number of hydrazine groups is 1. The third-order valence-electron chi connectivity index (χ3n) is 2.92. The van der Waals surface area contributed by atoms with Gasteiger partial charge in [-0.05, 0) is 36.4 Å². The molecule has 0 radical (unpaired) electrons. The normalized spacial score (nSPS) is 10.1. The number of benzene rings is 1. The van der Waals surface area contributed by atoms with Gasteiger partial charge in [-0.1, -0.05) is 26.2 Å². The molecular formula is C16H24N2O4S. The monoisotopic (exact) mass is 340 g/mol. The van der Waals surface area contributed by atoms with Gasteiger partial charge in [0.25, 0.3) is 5.91 Å². The maximum Gasteiger partial charge on any atom is 0.276 e. The molecule has 1 aromatic rings. The maximum atomic E-state index is 11.5. The highest BCUT2D eigenvalue weighted by atomic mass is 32.2. The van der Waals surface area contributed by atoms with Crippen molar-refractivity contribution in [2.45, 2.75) is 32.6 Å². The molecule has 6 nitrogen and oxygen atoms in total. The summed E-state index contributed by atoms with van der Waals surface area (Å²) in [6.07, 6.45) is 4.72. The number of phenolic OH excluding ortho intramolecular Hbond substituents is 1. The molecule has 0 saturated heterocycles. The lowest BCUT2D eigenvalue weighted by atomic mass is 10.2. The van der Waals surface area contributed by atoms with E-state index in [1.54, 1.807) is 23.9 Å². The first-order valence-electron chi connectivity index (χ1n) is 7.69. The Kier molecular flexibility index (Phi) is 9.70. The van der Waals surface area contributed by atoms with Crippen LogP contribution >= 0.6 is 11.8 Å². The minimum atomic E-state index is -0.445. The van der Waals surface area contributed by atoms with Crippen molar-refractivity contribution < 1.29 is 19.4 Å². The van der Waals surface area contributed by atoms with E-state index in [2.05, 4.69) is 17.8 Å². The average Bonchev–Trinajstić information content (AvgIpc) is 2.55. The Morgan fingerprint density at radius 2 is 1.78 bits per heavy atom. The molecule has 0 atom stereocenters. The number of phenols is 1. The summed E-state index contributed by atoms with van der Waals surface area (Å²) >= 11 is 1.56. The van der Waals surface area contributed by atoms with Gasteiger partial charge in [0.2, 0.25) is 5.91 Å². The summed E-state index contributed by atoms with van der Waals surface area (Å²) in [4.78, 5) is 23.1. The second-order valence-electron chi connectivity index (χ2n) is 4.99. The molecule has 23 heavy (non-hydrogen) atoms. The van der Waals surface area contributed by atoms with Gasteiger partial charge in [-0.2, -0.15) is 11.8 Å². The molecule has 0 bridgehead atoms. The van der Waals surface area contributed by atoms with Crippen LogP contribution in [0.15, 0.2) is 24.3 Å². The van der Waals surface area contributed by atoms with E-state index in [1.807, 2.05) is 0 Å². The highest BCUT2D eigenvalue weighted by Crippen LogP contribution is 2.15. The maximum absolute atomic E-state index is 11.5. The van der Waals surface area contributed by atoms with Crippen molar-refractivity contribution in [1.29, 1.82) is 0 Å². The first-order chi connectivity index (χ1) is 11.1. The highest BCUT2D eigenvalue weighted by Gasteiger charge is 2.06. The topological polar surface area (TPSA) is 87.7 Å². The fourth-order valence-electron chi connectivity index (χ4n) is 1.70. The Bertz CT molecular complexity index is 479. The molecule has 0 unspecified atom stereocenters. The minimum absolute atomic E-state index is 0.126. The van der Waals surface area contributed by atoms with Crippen LogP contribution in [-0.2, 0) is 9.59 Å². The second kappa shape index (κ2) is 11.6. The first-order valence-corrected chi connectivity index (χ1v) is 8.84. The molecule has 0 heterocycles. The van der Waals surface area contributed by atoms with E-state index in [0.717, 1.165) is 12.2 Å². The summed E-state index contributed by atoms with van der Waals surface area (Å²) in [5.74, 6) is 1.19. The number of ether oxygens (including phenoxy) is 1. The van der Waals surface area contributed by atoms with Gasteiger partial charge in [0, 0.05) is 0 Å². The van der Waals surface area contributed by atoms with Crippen LogP contribution < -0.4 is 15.6 Å². The zero-order valence-corrected chi connectivity index (χ0v) is 14.2. The quantitative estimate of drug-likeness (QED) is 0.449. The molecule has 0 aliphatic rings. The van der Waals surface area contributed by atoms with Gasteiger partial charge in [0.1, 0.15) is 11.5 Å². The molecule has 0 aliphatic heterocycles. The summed E-state index contributed by atoms with van der Waals surface area (Å²) in [7, 11) is 0. The number of hydrogen-bond donors (Lipinski definition) is 3. The summed E-state index contributed by atoms with van der Waals surface area (Å²) in [6, 6.07) is 6.03. The van der Waals surface area contributed by atoms with Gasteiger partial charge in [0.15, 0.2) is 6.61 Å². The second-order valence-corrected chi connectivity index (χ2v) is 6.10. The smallest absolute Gasteiger partial charge is 0.276 e. The van der Waals surface area contributed by atoms with E-state index in [-0.39, 0.29) is 18.3 Å². The number of aromatic hydroxyl groups is 1. The van der Waals surface area contributed by atoms with Crippen LogP contribution in [0.5, 0.6) is 11.5 Å². The summed E-state index contributed by atoms with van der Waals surface area (Å²) in [5, 5.41) is 9.13. The number of hydrogen-bond acceptors (Lipinski definition) is 5. The van der Waals surface area contributed by atoms with Crippen molar-refractivity contribution in [2.24, 2.45) is 0 Å². The molecule has 0 fully saturated rings. The Morgan fingerprint density at radius 1 is 1.09 bits per heavy atom. The molecule has 1 aromatic carbocycles. The van der Waals surface area contributed by atoms with Crippen LogP contribution in [-0.4, -0.2) is 35.0 Å². The average molecular weight is 340 g/mol. The lowest BCUT2D eigenvalue weighted by Gasteiger charge is -2.08. The van der Waals surface area contributed by atoms with Crippen LogP contribution in [0, 0.1) is 0 Å². The molecule has 0 aliphatic carbocycles. The molecule has 3 N–H and O–H groups in total. The fourth-order valence-corrected chi connectivity index (χ4v) is 2.51. The molecule has 0 spiro atoms. The van der Waals surface area contributed by atoms with Crippen molar-refractivity contribution in [3.05, 3.63) is 24.3 Å². The Morgan fingerprint density at radius 3 is 2.48 bits per heavy atom. The lowest BCUT2D eigenvalue weighted by Crippen LogP contribution is -2.44. The molecule has 1 rings (SSSR count). The van der Waals surface area contributed by atoms with Gasteiger partial charge in [-0.3, -0.25) is 20.4 Å². The summed E-state index contributed by atoms with van der Waals surface area (Å²) in [6.45, 7) is 1.95. The molecule has 128 valence electrons. The molecule has 0 aromatic heterocycles. The van der Waals surface area contributed by atoms with E-state index in [0.29, 0.717) is 11.5 Å². The number of carbonyl (C=O) groups is 2. The van der Waals surface area contributed by atoms with E-state index in [4.69, 9.17) is 9.84 Å². The van der Waals surface area contributed by atoms with Crippen molar-refractivity contribution in [3.63, 3.8) is 0 Å². The number of nitrogens with one attached hydrogen (secondary N) is 2. The third-order valence-corrected chi connectivity index (χ3v) is 3.97. The van der Waals surface area contributed by atoms with Gasteiger partial charge in [0.05, 0.1) is 5.75 Å². The Hall–Kier alpha value is -1.89. The predicted octanol–water partition coefficient (Wildman–Crippen LogP) is 2.23. The predicted molar refractivity (Wildman–Crippen MR) is 91.4 cm³/mol. The van der Waals surface area contributed by atoms with Crippen molar-refractivity contribution >= 4 is 23.6 Å². The minimum Gasteiger partial charge on any atom is -0.508 e. The standard InChI is InChI=1S/C16H24N2O4S/c1-2-3-4-5-10-23-12-16(21)18-17-15(20)11-22-14-8-6-13(19)7-9-14/h6-9,19H,2-5,10-12H2,1H3,(H,17,20)(H,18,21). The number of carbonyl (C=O) groups excluding carboxylic acids is 2. The van der Waals surface area contributed by atoms with Crippen molar-refractivity contribution in [3.8, 4) is 11.5 Å². The largest absolute Gasteiger partial charge is 0.508 e. The summed E-state index contributed by atoms with van der Waals surface area (Å²) in [5.41, 5.74) is 4.65. The number of thioether (sulfide) groups is 1. The van der Waals surface area contributed by atoms with E-state index in [9.17, 15) is 9.59 Å². The SMILES string of the molecule is CCCCCCSCC(=O)NNC(=O)COc1ccc(O)cc1. The first kappa shape index (κ1) is 19.2. The number of rotatable bonds is 10. The highest BCUT2D eigenvalue weighted by molar-refractivity contribution is 7.99. The van der Waals surface area contributed by atoms with Gasteiger partial charge in [-0.15, -0.1) is 0 Å². The third kappa shape index (κ3) is 9.67. The van der Waals surface area contributed by atoms with Crippen LogP contribution in [0.2, 0.25) is 0 Å². The van der Waals surface area contributed by atoms with Gasteiger partial charge >= 0.3 is 0 Å². The number of unbranched alkanes of at least 4 members (excludes halogenated alkanes) is 3. The Balaban J connectivity index is 2.06. The molecule has 2 amide bonds. The van der Waals surface area contributed by atoms with Crippen LogP contribution in [0.4, 0.5) is 0 Å². The Labute approximate surface area is 141 Å². The van der Waals surface area contributed by atoms with Gasteiger partial charge < -0.3 is 9.84 Å². The van der Waals surface area contributed by atoms with Crippen LogP contribution in [0.3, 0.4) is 0 Å². The molecule has 0 saturated carbocycles.